The van der Waals surface area contributed by atoms with Gasteiger partial charge in [-0.25, -0.2) is 5.43 Å². The smallest absolute Gasteiger partial charge is 0.307 e. The fourth-order valence-corrected chi connectivity index (χ4v) is 2.02. The lowest BCUT2D eigenvalue weighted by molar-refractivity contribution is 0.0926. The summed E-state index contributed by atoms with van der Waals surface area (Å²) in [5, 5.41) is 3.90. The molecule has 20 heavy (non-hydrogen) atoms. The summed E-state index contributed by atoms with van der Waals surface area (Å²) >= 11 is 3.14. The third kappa shape index (κ3) is 4.06. The molecule has 0 aliphatic rings. The van der Waals surface area contributed by atoms with Crippen molar-refractivity contribution in [3.05, 3.63) is 58.0 Å². The molecule has 0 atom stereocenters. The van der Waals surface area contributed by atoms with Gasteiger partial charge in [-0.3, -0.25) is 4.79 Å². The van der Waals surface area contributed by atoms with E-state index in [1.54, 1.807) is 18.3 Å². The van der Waals surface area contributed by atoms with E-state index in [1.807, 2.05) is 12.1 Å². The van der Waals surface area contributed by atoms with Gasteiger partial charge < -0.3 is 4.42 Å². The molecule has 0 saturated heterocycles. The van der Waals surface area contributed by atoms with Gasteiger partial charge in [0.2, 0.25) is 0 Å². The highest BCUT2D eigenvalue weighted by atomic mass is 79.9. The maximum absolute atomic E-state index is 11.6. The van der Waals surface area contributed by atoms with Crippen LogP contribution in [0.25, 0.3) is 0 Å². The Kier molecular flexibility index (Phi) is 5.12. The molecule has 0 saturated carbocycles. The van der Waals surface area contributed by atoms with Gasteiger partial charge in [0.1, 0.15) is 0 Å². The van der Waals surface area contributed by atoms with Gasteiger partial charge in [-0.15, -0.1) is 0 Å². The van der Waals surface area contributed by atoms with E-state index < -0.39 is 0 Å². The number of halogens is 1. The SMILES string of the molecule is CCCc1ccc(/C=N/NC(=O)c2ccc(Br)o2)cc1. The van der Waals surface area contributed by atoms with Crippen LogP contribution in [-0.2, 0) is 6.42 Å². The van der Waals surface area contributed by atoms with Crippen molar-refractivity contribution in [2.45, 2.75) is 19.8 Å². The maximum Gasteiger partial charge on any atom is 0.307 e. The third-order valence-corrected chi connectivity index (χ3v) is 3.12. The second-order valence-corrected chi connectivity index (χ2v) is 5.08. The van der Waals surface area contributed by atoms with Gasteiger partial charge in [0.25, 0.3) is 0 Å². The summed E-state index contributed by atoms with van der Waals surface area (Å²) in [6.45, 7) is 2.15. The monoisotopic (exact) mass is 334 g/mol. The predicted octanol–water partition coefficient (Wildman–Crippen LogP) is 3.76. The largest absolute Gasteiger partial charge is 0.444 e. The van der Waals surface area contributed by atoms with Crippen molar-refractivity contribution in [3.63, 3.8) is 0 Å². The van der Waals surface area contributed by atoms with E-state index in [2.05, 4.69) is 45.5 Å². The Bertz CT molecular complexity index is 603. The van der Waals surface area contributed by atoms with E-state index in [0.29, 0.717) is 4.67 Å². The first kappa shape index (κ1) is 14.5. The van der Waals surface area contributed by atoms with Gasteiger partial charge in [-0.1, -0.05) is 37.6 Å². The molecule has 1 heterocycles. The molecule has 4 nitrogen and oxygen atoms in total. The molecule has 2 rings (SSSR count). The lowest BCUT2D eigenvalue weighted by Crippen LogP contribution is -2.16. The maximum atomic E-state index is 11.6. The quantitative estimate of drug-likeness (QED) is 0.668. The molecule has 1 N–H and O–H groups in total. The summed E-state index contributed by atoms with van der Waals surface area (Å²) < 4.78 is 5.63. The molecule has 0 spiro atoms. The molecule has 1 amide bonds. The predicted molar refractivity (Wildman–Crippen MR) is 81.9 cm³/mol. The minimum absolute atomic E-state index is 0.215. The van der Waals surface area contributed by atoms with Crippen LogP contribution < -0.4 is 5.43 Å². The van der Waals surface area contributed by atoms with Crippen molar-refractivity contribution in [3.8, 4) is 0 Å². The highest BCUT2D eigenvalue weighted by molar-refractivity contribution is 9.10. The van der Waals surface area contributed by atoms with Gasteiger partial charge in [0, 0.05) is 0 Å². The molecule has 0 bridgehead atoms. The lowest BCUT2D eigenvalue weighted by Gasteiger charge is -1.99. The second-order valence-electron chi connectivity index (χ2n) is 4.29. The number of aryl methyl sites for hydroxylation is 1. The number of furan rings is 1. The zero-order chi connectivity index (χ0) is 14.4. The molecule has 0 fully saturated rings. The molecule has 0 aliphatic heterocycles. The van der Waals surface area contributed by atoms with Crippen LogP contribution in [0.3, 0.4) is 0 Å². The minimum Gasteiger partial charge on any atom is -0.444 e. The fraction of sp³-hybridized carbons (Fsp3) is 0.200. The number of benzene rings is 1. The lowest BCUT2D eigenvalue weighted by atomic mass is 10.1. The Morgan fingerprint density at radius 2 is 2.05 bits per heavy atom. The number of amides is 1. The molecular formula is C15H15BrN2O2. The van der Waals surface area contributed by atoms with Crippen molar-refractivity contribution in [2.24, 2.45) is 5.10 Å². The number of nitrogens with one attached hydrogen (secondary N) is 1. The van der Waals surface area contributed by atoms with E-state index in [-0.39, 0.29) is 11.7 Å². The number of nitrogens with zero attached hydrogens (tertiary/aromatic N) is 1. The minimum atomic E-state index is -0.380. The Labute approximate surface area is 126 Å². The number of hydrogen-bond donors (Lipinski definition) is 1. The average molecular weight is 335 g/mol. The van der Waals surface area contributed by atoms with Crippen molar-refractivity contribution in [2.75, 3.05) is 0 Å². The first-order valence-electron chi connectivity index (χ1n) is 6.36. The molecule has 1 aromatic heterocycles. The number of rotatable bonds is 5. The van der Waals surface area contributed by atoms with Crippen LogP contribution in [0.4, 0.5) is 0 Å². The van der Waals surface area contributed by atoms with Crippen LogP contribution >= 0.6 is 15.9 Å². The standard InChI is InChI=1S/C15H15BrN2O2/c1-2-3-11-4-6-12(7-5-11)10-17-18-15(19)13-8-9-14(16)20-13/h4-10H,2-3H2,1H3,(H,18,19)/b17-10+. The Morgan fingerprint density at radius 1 is 1.30 bits per heavy atom. The van der Waals surface area contributed by atoms with E-state index in [4.69, 9.17) is 4.42 Å². The van der Waals surface area contributed by atoms with E-state index in [9.17, 15) is 4.79 Å². The number of hydrazone groups is 1. The topological polar surface area (TPSA) is 54.6 Å². The fourth-order valence-electron chi connectivity index (χ4n) is 1.72. The number of carbonyl (C=O) groups is 1. The van der Waals surface area contributed by atoms with Crippen molar-refractivity contribution in [1.29, 1.82) is 0 Å². The number of carbonyl (C=O) groups excluding carboxylic acids is 1. The van der Waals surface area contributed by atoms with Gasteiger partial charge in [0.05, 0.1) is 6.21 Å². The summed E-state index contributed by atoms with van der Waals surface area (Å²) in [6.07, 6.45) is 3.80. The molecule has 0 unspecified atom stereocenters. The zero-order valence-corrected chi connectivity index (χ0v) is 12.7. The Balaban J connectivity index is 1.91. The highest BCUT2D eigenvalue weighted by Crippen LogP contribution is 2.13. The van der Waals surface area contributed by atoms with Crippen LogP contribution in [0.1, 0.15) is 35.0 Å². The van der Waals surface area contributed by atoms with Crippen LogP contribution in [0.2, 0.25) is 0 Å². The molecule has 5 heteroatoms. The summed E-state index contributed by atoms with van der Waals surface area (Å²) in [7, 11) is 0. The molecule has 1 aromatic carbocycles. The van der Waals surface area contributed by atoms with Crippen molar-refractivity contribution in [1.82, 2.24) is 5.43 Å². The van der Waals surface area contributed by atoms with Crippen LogP contribution in [0, 0.1) is 0 Å². The average Bonchev–Trinajstić information content (AvgIpc) is 2.88. The van der Waals surface area contributed by atoms with Crippen molar-refractivity contribution >= 4 is 28.1 Å². The molecular weight excluding hydrogens is 320 g/mol. The van der Waals surface area contributed by atoms with Crippen LogP contribution in [-0.4, -0.2) is 12.1 Å². The normalized spacial score (nSPS) is 10.9. The molecule has 0 radical (unpaired) electrons. The van der Waals surface area contributed by atoms with E-state index in [1.165, 1.54) is 5.56 Å². The first-order chi connectivity index (χ1) is 9.69. The van der Waals surface area contributed by atoms with Gasteiger partial charge in [-0.2, -0.15) is 5.10 Å². The molecule has 2 aromatic rings. The molecule has 104 valence electrons. The highest BCUT2D eigenvalue weighted by Gasteiger charge is 2.08. The van der Waals surface area contributed by atoms with Gasteiger partial charge in [-0.05, 0) is 45.6 Å². The summed E-state index contributed by atoms with van der Waals surface area (Å²) in [6, 6.07) is 11.3. The Morgan fingerprint density at radius 3 is 2.65 bits per heavy atom. The van der Waals surface area contributed by atoms with E-state index in [0.717, 1.165) is 18.4 Å². The Hall–Kier alpha value is -1.88. The second kappa shape index (κ2) is 7.05. The van der Waals surface area contributed by atoms with E-state index >= 15 is 0 Å². The van der Waals surface area contributed by atoms with Gasteiger partial charge in [0.15, 0.2) is 10.4 Å². The summed E-state index contributed by atoms with van der Waals surface area (Å²) in [5.41, 5.74) is 4.65. The third-order valence-electron chi connectivity index (χ3n) is 2.70. The van der Waals surface area contributed by atoms with Crippen molar-refractivity contribution < 1.29 is 9.21 Å². The van der Waals surface area contributed by atoms with Crippen LogP contribution in [0.15, 0.2) is 50.6 Å². The van der Waals surface area contributed by atoms with Crippen LogP contribution in [0.5, 0.6) is 0 Å². The molecule has 0 aliphatic carbocycles. The summed E-state index contributed by atoms with van der Waals surface area (Å²) in [5.74, 6) is -0.165. The first-order valence-corrected chi connectivity index (χ1v) is 7.16. The zero-order valence-electron chi connectivity index (χ0n) is 11.1. The summed E-state index contributed by atoms with van der Waals surface area (Å²) in [4.78, 5) is 11.6. The number of hydrogen-bond acceptors (Lipinski definition) is 3. The van der Waals surface area contributed by atoms with Gasteiger partial charge >= 0.3 is 5.91 Å².